The maximum atomic E-state index is 5.82. The van der Waals surface area contributed by atoms with Gasteiger partial charge in [0.15, 0.2) is 0 Å². The van der Waals surface area contributed by atoms with E-state index in [9.17, 15) is 0 Å². The number of hydrogen-bond acceptors (Lipinski definition) is 6. The zero-order valence-corrected chi connectivity index (χ0v) is 13.8. The summed E-state index contributed by atoms with van der Waals surface area (Å²) in [6.07, 6.45) is 8.45. The lowest BCUT2D eigenvalue weighted by atomic mass is 10.2. The topological polar surface area (TPSA) is 75.9 Å². The summed E-state index contributed by atoms with van der Waals surface area (Å²) in [6, 6.07) is 2.11. The van der Waals surface area contributed by atoms with Crippen LogP contribution in [0.5, 0.6) is 0 Å². The second-order valence-electron chi connectivity index (χ2n) is 4.88. The van der Waals surface area contributed by atoms with Gasteiger partial charge in [0.1, 0.15) is 12.1 Å². The highest BCUT2D eigenvalue weighted by Gasteiger charge is 2.02. The highest BCUT2D eigenvalue weighted by molar-refractivity contribution is 6.29. The Kier molecular flexibility index (Phi) is 5.94. The van der Waals surface area contributed by atoms with Crippen LogP contribution in [-0.4, -0.2) is 21.5 Å². The van der Waals surface area contributed by atoms with E-state index >= 15 is 0 Å². The molecule has 2 N–H and O–H groups in total. The minimum Gasteiger partial charge on any atom is -0.432 e. The molecular weight excluding hydrogens is 314 g/mol. The second kappa shape index (κ2) is 8.14. The minimum absolute atomic E-state index is 0.380. The van der Waals surface area contributed by atoms with Crippen molar-refractivity contribution in [1.29, 1.82) is 0 Å². The van der Waals surface area contributed by atoms with Gasteiger partial charge in [0, 0.05) is 17.8 Å². The van der Waals surface area contributed by atoms with Crippen LogP contribution >= 0.6 is 11.6 Å². The normalized spacial score (nSPS) is 12.1. The number of nitrogens with zero attached hydrogens (tertiary/aromatic N) is 3. The molecular formula is C16H18ClN5O. The standard InChI is InChI=1S/C16H18ClN5O/c1-11(9-13(3)17)8-12(2)10-20-15-18-5-4-14(21-15)22-16-19-6-7-23-16/h4-9H,1,10H2,2-3H3,(H2,18,19,20,21,22)/b12-8+,13-9+. The van der Waals surface area contributed by atoms with Gasteiger partial charge in [0.25, 0.3) is 6.01 Å². The molecule has 0 saturated heterocycles. The number of nitrogens with one attached hydrogen (secondary N) is 2. The molecule has 2 rings (SSSR count). The van der Waals surface area contributed by atoms with Crippen LogP contribution < -0.4 is 10.6 Å². The third kappa shape index (κ3) is 5.96. The molecule has 7 heteroatoms. The van der Waals surface area contributed by atoms with Crippen molar-refractivity contribution in [3.63, 3.8) is 0 Å². The summed E-state index contributed by atoms with van der Waals surface area (Å²) in [6.45, 7) is 8.32. The van der Waals surface area contributed by atoms with Crippen LogP contribution in [0.3, 0.4) is 0 Å². The number of allylic oxidation sites excluding steroid dienone is 4. The highest BCUT2D eigenvalue weighted by Crippen LogP contribution is 2.13. The van der Waals surface area contributed by atoms with Crippen molar-refractivity contribution in [2.75, 3.05) is 17.2 Å². The molecule has 2 aromatic rings. The lowest BCUT2D eigenvalue weighted by Crippen LogP contribution is -2.07. The van der Waals surface area contributed by atoms with Crippen LogP contribution in [0.4, 0.5) is 17.8 Å². The van der Waals surface area contributed by atoms with Crippen LogP contribution in [0.2, 0.25) is 0 Å². The number of halogens is 1. The largest absolute Gasteiger partial charge is 0.432 e. The van der Waals surface area contributed by atoms with E-state index in [0.717, 1.165) is 11.1 Å². The van der Waals surface area contributed by atoms with Crippen LogP contribution in [0.15, 0.2) is 64.0 Å². The molecule has 0 bridgehead atoms. The van der Waals surface area contributed by atoms with E-state index < -0.39 is 0 Å². The number of aromatic nitrogens is 3. The molecule has 0 aliphatic rings. The SMILES string of the molecule is C=C(/C=C(\C)Cl)/C=C(\C)CNc1nccc(Nc2ncco2)n1. The predicted molar refractivity (Wildman–Crippen MR) is 92.8 cm³/mol. The van der Waals surface area contributed by atoms with E-state index in [0.29, 0.717) is 29.4 Å². The van der Waals surface area contributed by atoms with Crippen molar-refractivity contribution < 1.29 is 4.42 Å². The van der Waals surface area contributed by atoms with Crippen molar-refractivity contribution in [2.24, 2.45) is 0 Å². The van der Waals surface area contributed by atoms with Gasteiger partial charge in [-0.2, -0.15) is 4.98 Å². The molecule has 0 aromatic carbocycles. The molecule has 0 aliphatic carbocycles. The summed E-state index contributed by atoms with van der Waals surface area (Å²) in [5.74, 6) is 1.10. The molecule has 2 heterocycles. The fourth-order valence-electron chi connectivity index (χ4n) is 1.79. The lowest BCUT2D eigenvalue weighted by molar-refractivity contribution is 0.577. The summed E-state index contributed by atoms with van der Waals surface area (Å²) in [5.41, 5.74) is 1.93. The van der Waals surface area contributed by atoms with Crippen molar-refractivity contribution >= 4 is 29.4 Å². The van der Waals surface area contributed by atoms with Gasteiger partial charge in [-0.25, -0.2) is 9.97 Å². The Morgan fingerprint density at radius 3 is 2.83 bits per heavy atom. The fourth-order valence-corrected chi connectivity index (χ4v) is 1.93. The summed E-state index contributed by atoms with van der Waals surface area (Å²) >= 11 is 5.82. The fraction of sp³-hybridized carbons (Fsp3) is 0.188. The number of anilines is 3. The molecule has 0 spiro atoms. The average Bonchev–Trinajstić information content (AvgIpc) is 2.97. The van der Waals surface area contributed by atoms with E-state index in [1.165, 1.54) is 6.26 Å². The van der Waals surface area contributed by atoms with Crippen molar-refractivity contribution in [3.05, 3.63) is 59.6 Å². The first-order valence-corrected chi connectivity index (χ1v) is 7.34. The van der Waals surface area contributed by atoms with Crippen LogP contribution in [0.25, 0.3) is 0 Å². The quantitative estimate of drug-likeness (QED) is 0.738. The summed E-state index contributed by atoms with van der Waals surface area (Å²) in [4.78, 5) is 12.5. The first-order valence-electron chi connectivity index (χ1n) is 6.96. The molecule has 0 fully saturated rings. The number of oxazole rings is 1. The highest BCUT2D eigenvalue weighted by atomic mass is 35.5. The zero-order chi connectivity index (χ0) is 16.7. The van der Waals surface area contributed by atoms with Gasteiger partial charge in [0.2, 0.25) is 5.95 Å². The molecule has 120 valence electrons. The molecule has 0 atom stereocenters. The van der Waals surface area contributed by atoms with Gasteiger partial charge in [-0.05, 0) is 31.6 Å². The van der Waals surface area contributed by atoms with E-state index in [1.54, 1.807) is 18.5 Å². The maximum absolute atomic E-state index is 5.82. The summed E-state index contributed by atoms with van der Waals surface area (Å²) in [5, 5.41) is 6.79. The molecule has 2 aromatic heterocycles. The maximum Gasteiger partial charge on any atom is 0.300 e. The Hall–Kier alpha value is -2.60. The van der Waals surface area contributed by atoms with Gasteiger partial charge >= 0.3 is 0 Å². The Morgan fingerprint density at radius 2 is 2.13 bits per heavy atom. The molecule has 0 unspecified atom stereocenters. The molecule has 23 heavy (non-hydrogen) atoms. The monoisotopic (exact) mass is 331 g/mol. The minimum atomic E-state index is 0.380. The first-order chi connectivity index (χ1) is 11.0. The third-order valence-corrected chi connectivity index (χ3v) is 2.77. The van der Waals surface area contributed by atoms with Gasteiger partial charge in [-0.3, -0.25) is 5.32 Å². The smallest absolute Gasteiger partial charge is 0.300 e. The zero-order valence-electron chi connectivity index (χ0n) is 13.0. The lowest BCUT2D eigenvalue weighted by Gasteiger charge is -2.07. The molecule has 0 aliphatic heterocycles. The Morgan fingerprint density at radius 1 is 1.30 bits per heavy atom. The number of hydrogen-bond donors (Lipinski definition) is 2. The van der Waals surface area contributed by atoms with Crippen molar-refractivity contribution in [1.82, 2.24) is 15.0 Å². The Labute approximate surface area is 140 Å². The van der Waals surface area contributed by atoms with E-state index in [2.05, 4.69) is 32.2 Å². The molecule has 0 radical (unpaired) electrons. The molecule has 6 nitrogen and oxygen atoms in total. The second-order valence-corrected chi connectivity index (χ2v) is 5.47. The predicted octanol–water partition coefficient (Wildman–Crippen LogP) is 4.27. The summed E-state index contributed by atoms with van der Waals surface area (Å²) in [7, 11) is 0. The van der Waals surface area contributed by atoms with Crippen molar-refractivity contribution in [3.8, 4) is 0 Å². The average molecular weight is 332 g/mol. The van der Waals surface area contributed by atoms with Gasteiger partial charge < -0.3 is 9.73 Å². The summed E-state index contributed by atoms with van der Waals surface area (Å²) < 4.78 is 5.11. The first kappa shape index (κ1) is 16.8. The molecule has 0 saturated carbocycles. The Bertz CT molecular complexity index is 718. The Balaban J connectivity index is 1.94. The van der Waals surface area contributed by atoms with Crippen molar-refractivity contribution in [2.45, 2.75) is 13.8 Å². The van der Waals surface area contributed by atoms with Gasteiger partial charge in [-0.15, -0.1) is 0 Å². The third-order valence-electron chi connectivity index (χ3n) is 2.66. The van der Waals surface area contributed by atoms with E-state index in [4.69, 9.17) is 16.0 Å². The van der Waals surface area contributed by atoms with Crippen LogP contribution in [0, 0.1) is 0 Å². The number of rotatable bonds is 7. The van der Waals surface area contributed by atoms with Gasteiger partial charge in [0.05, 0.1) is 6.20 Å². The van der Waals surface area contributed by atoms with E-state index in [-0.39, 0.29) is 0 Å². The molecule has 0 amide bonds. The van der Waals surface area contributed by atoms with Gasteiger partial charge in [-0.1, -0.05) is 29.8 Å². The van der Waals surface area contributed by atoms with Crippen LogP contribution in [0.1, 0.15) is 13.8 Å². The van der Waals surface area contributed by atoms with E-state index in [1.807, 2.05) is 26.0 Å². The van der Waals surface area contributed by atoms with Crippen LogP contribution in [-0.2, 0) is 0 Å².